The SMILES string of the molecule is C1CNCNC1.c1ccc(Nc2ccccc2)cc1. The maximum absolute atomic E-state index is 3.30. The molecule has 1 aliphatic heterocycles. The fraction of sp³-hybridized carbons (Fsp3) is 0.250. The highest BCUT2D eigenvalue weighted by Gasteiger charge is 1.91. The summed E-state index contributed by atoms with van der Waals surface area (Å²) in [4.78, 5) is 0. The molecule has 0 aromatic heterocycles. The van der Waals surface area contributed by atoms with E-state index in [0.717, 1.165) is 18.0 Å². The lowest BCUT2D eigenvalue weighted by Crippen LogP contribution is -2.37. The third-order valence-electron chi connectivity index (χ3n) is 2.79. The van der Waals surface area contributed by atoms with Gasteiger partial charge in [-0.05, 0) is 43.8 Å². The molecule has 0 spiro atoms. The van der Waals surface area contributed by atoms with Crippen molar-refractivity contribution in [2.24, 2.45) is 0 Å². The summed E-state index contributed by atoms with van der Waals surface area (Å²) in [6.07, 6.45) is 1.28. The van der Waals surface area contributed by atoms with Crippen molar-refractivity contribution in [2.75, 3.05) is 25.1 Å². The van der Waals surface area contributed by atoms with Crippen LogP contribution in [-0.2, 0) is 0 Å². The monoisotopic (exact) mass is 255 g/mol. The average molecular weight is 255 g/mol. The van der Waals surface area contributed by atoms with Crippen LogP contribution >= 0.6 is 0 Å². The summed E-state index contributed by atoms with van der Waals surface area (Å²) in [5.41, 5.74) is 2.24. The van der Waals surface area contributed by atoms with Crippen LogP contribution < -0.4 is 16.0 Å². The van der Waals surface area contributed by atoms with Gasteiger partial charge in [0.05, 0.1) is 0 Å². The molecule has 0 aliphatic carbocycles. The summed E-state index contributed by atoms with van der Waals surface area (Å²) in [6, 6.07) is 20.3. The van der Waals surface area contributed by atoms with Crippen LogP contribution in [0.3, 0.4) is 0 Å². The number of para-hydroxylation sites is 2. The molecular weight excluding hydrogens is 234 g/mol. The largest absolute Gasteiger partial charge is 0.356 e. The first-order valence-corrected chi connectivity index (χ1v) is 6.74. The van der Waals surface area contributed by atoms with Crippen LogP contribution in [0.25, 0.3) is 0 Å². The van der Waals surface area contributed by atoms with E-state index in [9.17, 15) is 0 Å². The topological polar surface area (TPSA) is 36.1 Å². The first-order chi connectivity index (χ1) is 9.45. The van der Waals surface area contributed by atoms with Crippen LogP contribution in [-0.4, -0.2) is 19.8 Å². The first-order valence-electron chi connectivity index (χ1n) is 6.74. The zero-order valence-corrected chi connectivity index (χ0v) is 11.1. The predicted molar refractivity (Wildman–Crippen MR) is 81.7 cm³/mol. The van der Waals surface area contributed by atoms with Crippen molar-refractivity contribution in [2.45, 2.75) is 6.42 Å². The third-order valence-corrected chi connectivity index (χ3v) is 2.79. The van der Waals surface area contributed by atoms with Crippen molar-refractivity contribution < 1.29 is 0 Å². The van der Waals surface area contributed by atoms with Gasteiger partial charge in [-0.2, -0.15) is 0 Å². The Balaban J connectivity index is 0.000000186. The van der Waals surface area contributed by atoms with Gasteiger partial charge in [-0.1, -0.05) is 36.4 Å². The Hall–Kier alpha value is -1.84. The Labute approximate surface area is 115 Å². The number of rotatable bonds is 2. The summed E-state index contributed by atoms with van der Waals surface area (Å²) in [7, 11) is 0. The minimum atomic E-state index is 1.00. The molecule has 0 atom stereocenters. The van der Waals surface area contributed by atoms with Gasteiger partial charge >= 0.3 is 0 Å². The molecule has 0 amide bonds. The molecule has 3 N–H and O–H groups in total. The number of nitrogens with one attached hydrogen (secondary N) is 3. The number of anilines is 2. The van der Waals surface area contributed by atoms with Crippen molar-refractivity contribution in [1.29, 1.82) is 0 Å². The van der Waals surface area contributed by atoms with Gasteiger partial charge in [0.2, 0.25) is 0 Å². The van der Waals surface area contributed by atoms with E-state index < -0.39 is 0 Å². The van der Waals surface area contributed by atoms with E-state index in [1.165, 1.54) is 19.5 Å². The quantitative estimate of drug-likeness (QED) is 0.772. The molecule has 1 heterocycles. The second-order valence-corrected chi connectivity index (χ2v) is 4.39. The molecule has 1 aliphatic rings. The van der Waals surface area contributed by atoms with Crippen LogP contribution in [0, 0.1) is 0 Å². The van der Waals surface area contributed by atoms with Crippen molar-refractivity contribution in [1.82, 2.24) is 10.6 Å². The molecule has 1 saturated heterocycles. The summed E-state index contributed by atoms with van der Waals surface area (Å²) in [5.74, 6) is 0. The second-order valence-electron chi connectivity index (χ2n) is 4.39. The van der Waals surface area contributed by atoms with Crippen LogP contribution in [0.5, 0.6) is 0 Å². The highest BCUT2D eigenvalue weighted by atomic mass is 15.1. The van der Waals surface area contributed by atoms with Crippen molar-refractivity contribution >= 4 is 11.4 Å². The van der Waals surface area contributed by atoms with Crippen LogP contribution in [0.2, 0.25) is 0 Å². The number of hydrogen-bond donors (Lipinski definition) is 3. The first kappa shape index (κ1) is 13.6. The fourth-order valence-corrected chi connectivity index (χ4v) is 1.81. The lowest BCUT2D eigenvalue weighted by atomic mass is 10.3. The minimum absolute atomic E-state index is 1.00. The van der Waals surface area contributed by atoms with E-state index in [1.54, 1.807) is 0 Å². The van der Waals surface area contributed by atoms with Gasteiger partial charge < -0.3 is 16.0 Å². The highest BCUT2D eigenvalue weighted by Crippen LogP contribution is 2.14. The van der Waals surface area contributed by atoms with E-state index >= 15 is 0 Å². The van der Waals surface area contributed by atoms with Gasteiger partial charge in [0, 0.05) is 18.0 Å². The maximum atomic E-state index is 3.30. The normalized spacial score (nSPS) is 14.1. The van der Waals surface area contributed by atoms with Gasteiger partial charge in [-0.15, -0.1) is 0 Å². The van der Waals surface area contributed by atoms with Crippen LogP contribution in [0.15, 0.2) is 60.7 Å². The summed E-state index contributed by atoms with van der Waals surface area (Å²) >= 11 is 0. The molecule has 0 unspecified atom stereocenters. The Morgan fingerprint density at radius 3 is 1.47 bits per heavy atom. The minimum Gasteiger partial charge on any atom is -0.356 e. The smallest absolute Gasteiger partial charge is 0.0454 e. The van der Waals surface area contributed by atoms with Crippen LogP contribution in [0.1, 0.15) is 6.42 Å². The molecule has 3 nitrogen and oxygen atoms in total. The average Bonchev–Trinajstić information content (AvgIpc) is 2.52. The van der Waals surface area contributed by atoms with Gasteiger partial charge in [-0.25, -0.2) is 0 Å². The maximum Gasteiger partial charge on any atom is 0.0454 e. The second kappa shape index (κ2) is 8.29. The zero-order chi connectivity index (χ0) is 13.2. The Morgan fingerprint density at radius 1 is 0.684 bits per heavy atom. The molecule has 0 radical (unpaired) electrons. The summed E-state index contributed by atoms with van der Waals surface area (Å²) in [5, 5.41) is 9.65. The van der Waals surface area contributed by atoms with Crippen molar-refractivity contribution in [3.8, 4) is 0 Å². The molecule has 2 aromatic carbocycles. The third kappa shape index (κ3) is 5.55. The zero-order valence-electron chi connectivity index (χ0n) is 11.1. The van der Waals surface area contributed by atoms with E-state index in [2.05, 4.69) is 16.0 Å². The van der Waals surface area contributed by atoms with E-state index in [4.69, 9.17) is 0 Å². The molecule has 3 rings (SSSR count). The molecule has 3 heteroatoms. The molecule has 0 bridgehead atoms. The summed E-state index contributed by atoms with van der Waals surface area (Å²) < 4.78 is 0. The lowest BCUT2D eigenvalue weighted by Gasteiger charge is -2.11. The van der Waals surface area contributed by atoms with Crippen LogP contribution in [0.4, 0.5) is 11.4 Å². The Bertz CT molecular complexity index is 389. The standard InChI is InChI=1S/C12H11N.C4H10N2/c1-3-7-11(8-4-1)13-12-9-5-2-6-10-12;1-2-5-4-6-3-1/h1-10,13H;5-6H,1-4H2. The van der Waals surface area contributed by atoms with E-state index in [0.29, 0.717) is 0 Å². The predicted octanol–water partition coefficient (Wildman–Crippen LogP) is 2.96. The van der Waals surface area contributed by atoms with Gasteiger partial charge in [0.25, 0.3) is 0 Å². The van der Waals surface area contributed by atoms with Crippen molar-refractivity contribution in [3.63, 3.8) is 0 Å². The highest BCUT2D eigenvalue weighted by molar-refractivity contribution is 5.58. The van der Waals surface area contributed by atoms with E-state index in [-0.39, 0.29) is 0 Å². The van der Waals surface area contributed by atoms with Gasteiger partial charge in [0.15, 0.2) is 0 Å². The molecule has 100 valence electrons. The summed E-state index contributed by atoms with van der Waals surface area (Å²) in [6.45, 7) is 3.38. The molecule has 19 heavy (non-hydrogen) atoms. The van der Waals surface area contributed by atoms with E-state index in [1.807, 2.05) is 60.7 Å². The fourth-order valence-electron chi connectivity index (χ4n) is 1.81. The molecule has 0 saturated carbocycles. The number of benzene rings is 2. The molecule has 1 fully saturated rings. The molecule has 2 aromatic rings. The Morgan fingerprint density at radius 2 is 1.16 bits per heavy atom. The van der Waals surface area contributed by atoms with Gasteiger partial charge in [-0.3, -0.25) is 0 Å². The lowest BCUT2D eigenvalue weighted by molar-refractivity contribution is 0.496. The van der Waals surface area contributed by atoms with Crippen molar-refractivity contribution in [3.05, 3.63) is 60.7 Å². The number of hydrogen-bond acceptors (Lipinski definition) is 3. The van der Waals surface area contributed by atoms with Gasteiger partial charge in [0.1, 0.15) is 0 Å². The Kier molecular flexibility index (Phi) is 5.93. The molecular formula is C16H21N3.